The van der Waals surface area contributed by atoms with Gasteiger partial charge in [0.05, 0.1) is 30.3 Å². The smallest absolute Gasteiger partial charge is 0.255 e. The van der Waals surface area contributed by atoms with Crippen LogP contribution in [0.4, 0.5) is 8.78 Å². The molecule has 3 N–H and O–H groups in total. The molecule has 190 valence electrons. The second-order valence-electron chi connectivity index (χ2n) is 9.35. The van der Waals surface area contributed by atoms with Crippen molar-refractivity contribution in [3.63, 3.8) is 0 Å². The summed E-state index contributed by atoms with van der Waals surface area (Å²) in [6, 6.07) is 3.45. The second-order valence-corrected chi connectivity index (χ2v) is 9.35. The van der Waals surface area contributed by atoms with Crippen molar-refractivity contribution < 1.29 is 28.2 Å². The molecule has 9 nitrogen and oxygen atoms in total. The van der Waals surface area contributed by atoms with Crippen LogP contribution in [0.2, 0.25) is 0 Å². The van der Waals surface area contributed by atoms with Crippen molar-refractivity contribution in [3.05, 3.63) is 41.6 Å². The van der Waals surface area contributed by atoms with Gasteiger partial charge in [-0.1, -0.05) is 0 Å². The summed E-state index contributed by atoms with van der Waals surface area (Å²) in [6.45, 7) is 1.59. The number of hydrogen-bond donors (Lipinski definition) is 3. The third-order valence-electron chi connectivity index (χ3n) is 6.71. The fraction of sp³-hybridized carbons (Fsp3) is 0.440. The van der Waals surface area contributed by atoms with Crippen LogP contribution in [0.3, 0.4) is 0 Å². The highest BCUT2D eigenvalue weighted by atomic mass is 19.1. The van der Waals surface area contributed by atoms with Crippen LogP contribution in [0.5, 0.6) is 5.75 Å². The van der Waals surface area contributed by atoms with Crippen molar-refractivity contribution in [1.29, 1.82) is 0 Å². The molecule has 2 fully saturated rings. The molecule has 1 aliphatic carbocycles. The quantitative estimate of drug-likeness (QED) is 0.460. The zero-order valence-electron chi connectivity index (χ0n) is 19.8. The minimum atomic E-state index is -1.48. The lowest BCUT2D eigenvalue weighted by Gasteiger charge is -2.34. The standard InChI is InChI=1S/C25H27F2N5O4/c1-13-21(25(35)31-18-6-7-32(9-17(18)27)20(34)10-33)23-24(30-13)22(28-12-29-23)16-8-15(26)4-5-19(16)36-11-14-2-3-14/h4-5,8,12,14,17-18,30,33H,2-3,6-7,9-11H2,1H3,(H,31,35)/t17-,18-/m0/s1. The van der Waals surface area contributed by atoms with E-state index < -0.39 is 36.5 Å². The van der Waals surface area contributed by atoms with Crippen LogP contribution in [0.15, 0.2) is 24.5 Å². The third kappa shape index (κ3) is 4.75. The van der Waals surface area contributed by atoms with Crippen molar-refractivity contribution in [2.45, 2.75) is 38.4 Å². The van der Waals surface area contributed by atoms with Gasteiger partial charge < -0.3 is 25.0 Å². The van der Waals surface area contributed by atoms with Crippen LogP contribution in [0.25, 0.3) is 22.3 Å². The minimum Gasteiger partial charge on any atom is -0.493 e. The predicted molar refractivity (Wildman–Crippen MR) is 127 cm³/mol. The number of nitrogens with one attached hydrogen (secondary N) is 2. The van der Waals surface area contributed by atoms with E-state index in [2.05, 4.69) is 20.3 Å². The predicted octanol–water partition coefficient (Wildman–Crippen LogP) is 2.52. The van der Waals surface area contributed by atoms with Crippen LogP contribution >= 0.6 is 0 Å². The molecule has 1 saturated carbocycles. The number of fused-ring (bicyclic) bond motifs is 1. The number of rotatable bonds is 7. The molecule has 1 aromatic carbocycles. The monoisotopic (exact) mass is 499 g/mol. The average Bonchev–Trinajstić information content (AvgIpc) is 3.63. The highest BCUT2D eigenvalue weighted by molar-refractivity contribution is 6.09. The Morgan fingerprint density at radius 2 is 2.08 bits per heavy atom. The number of aromatic amines is 1. The number of piperidine rings is 1. The molecule has 2 atom stereocenters. The highest BCUT2D eigenvalue weighted by Gasteiger charge is 2.33. The summed E-state index contributed by atoms with van der Waals surface area (Å²) < 4.78 is 34.9. The SMILES string of the molecule is Cc1[nH]c2c(-c3cc(F)ccc3OCC3CC3)ncnc2c1C(=O)N[C@H]1CCN(C(=O)CO)C[C@@H]1F. The van der Waals surface area contributed by atoms with E-state index in [0.717, 1.165) is 12.8 Å². The van der Waals surface area contributed by atoms with Crippen molar-refractivity contribution >= 4 is 22.8 Å². The van der Waals surface area contributed by atoms with Crippen molar-refractivity contribution in [1.82, 2.24) is 25.2 Å². The molecular formula is C25H27F2N5O4. The van der Waals surface area contributed by atoms with E-state index in [4.69, 9.17) is 9.84 Å². The number of aryl methyl sites for hydroxylation is 1. The van der Waals surface area contributed by atoms with Crippen LogP contribution < -0.4 is 10.1 Å². The maximum Gasteiger partial charge on any atom is 0.255 e. The summed E-state index contributed by atoms with van der Waals surface area (Å²) in [6.07, 6.45) is 2.25. The number of nitrogens with zero attached hydrogens (tertiary/aromatic N) is 3. The number of benzene rings is 1. The molecule has 2 amide bonds. The Morgan fingerprint density at radius 1 is 1.28 bits per heavy atom. The molecule has 3 aromatic rings. The van der Waals surface area contributed by atoms with E-state index in [9.17, 15) is 18.4 Å². The third-order valence-corrected chi connectivity index (χ3v) is 6.71. The normalized spacial score (nSPS) is 19.9. The number of aromatic nitrogens is 3. The molecule has 11 heteroatoms. The second kappa shape index (κ2) is 9.81. The molecule has 3 heterocycles. The largest absolute Gasteiger partial charge is 0.493 e. The summed E-state index contributed by atoms with van der Waals surface area (Å²) in [5.41, 5.74) is 2.36. The van der Waals surface area contributed by atoms with E-state index in [1.54, 1.807) is 13.0 Å². The van der Waals surface area contributed by atoms with Crippen molar-refractivity contribution in [3.8, 4) is 17.0 Å². The first-order valence-corrected chi connectivity index (χ1v) is 11.9. The average molecular weight is 500 g/mol. The van der Waals surface area contributed by atoms with Gasteiger partial charge in [0.2, 0.25) is 5.91 Å². The molecule has 0 unspecified atom stereocenters. The lowest BCUT2D eigenvalue weighted by Crippen LogP contribution is -2.54. The molecule has 1 aliphatic heterocycles. The maximum atomic E-state index is 14.7. The maximum absolute atomic E-state index is 14.7. The van der Waals surface area contributed by atoms with Gasteiger partial charge in [0.25, 0.3) is 5.91 Å². The molecular weight excluding hydrogens is 472 g/mol. The summed E-state index contributed by atoms with van der Waals surface area (Å²) in [4.78, 5) is 37.9. The minimum absolute atomic E-state index is 0.202. The Labute approximate surface area is 205 Å². The van der Waals surface area contributed by atoms with Gasteiger partial charge in [-0.3, -0.25) is 9.59 Å². The van der Waals surface area contributed by atoms with E-state index in [0.29, 0.717) is 46.3 Å². The van der Waals surface area contributed by atoms with E-state index in [1.807, 2.05) is 0 Å². The summed E-state index contributed by atoms with van der Waals surface area (Å²) in [7, 11) is 0. The van der Waals surface area contributed by atoms with Gasteiger partial charge in [-0.2, -0.15) is 0 Å². The summed E-state index contributed by atoms with van der Waals surface area (Å²) >= 11 is 0. The first-order valence-electron chi connectivity index (χ1n) is 11.9. The number of carbonyl (C=O) groups excluding carboxylic acids is 2. The zero-order chi connectivity index (χ0) is 25.4. The molecule has 0 bridgehead atoms. The molecule has 0 radical (unpaired) electrons. The Kier molecular flexibility index (Phi) is 6.57. The molecule has 36 heavy (non-hydrogen) atoms. The summed E-state index contributed by atoms with van der Waals surface area (Å²) in [5.74, 6) is -0.508. The number of carbonyl (C=O) groups is 2. The topological polar surface area (TPSA) is 120 Å². The van der Waals surface area contributed by atoms with E-state index in [1.165, 1.54) is 23.4 Å². The van der Waals surface area contributed by atoms with Gasteiger partial charge >= 0.3 is 0 Å². The number of ether oxygens (including phenoxy) is 1. The van der Waals surface area contributed by atoms with Gasteiger partial charge in [-0.15, -0.1) is 0 Å². The van der Waals surface area contributed by atoms with Crippen LogP contribution in [0, 0.1) is 18.7 Å². The number of hydrogen-bond acceptors (Lipinski definition) is 6. The first-order chi connectivity index (χ1) is 17.4. The number of amides is 2. The van der Waals surface area contributed by atoms with E-state index in [-0.39, 0.29) is 25.1 Å². The lowest BCUT2D eigenvalue weighted by molar-refractivity contribution is -0.136. The van der Waals surface area contributed by atoms with Crippen LogP contribution in [-0.4, -0.2) is 75.3 Å². The Morgan fingerprint density at radius 3 is 2.81 bits per heavy atom. The fourth-order valence-corrected chi connectivity index (χ4v) is 4.54. The fourth-order valence-electron chi connectivity index (χ4n) is 4.54. The number of halogens is 2. The molecule has 1 saturated heterocycles. The van der Waals surface area contributed by atoms with Crippen LogP contribution in [0.1, 0.15) is 35.3 Å². The van der Waals surface area contributed by atoms with E-state index >= 15 is 0 Å². The molecule has 2 aromatic heterocycles. The number of alkyl halides is 1. The van der Waals surface area contributed by atoms with Gasteiger partial charge in [0.1, 0.15) is 41.9 Å². The molecule has 2 aliphatic rings. The number of aliphatic hydroxyl groups excluding tert-OH is 1. The Balaban J connectivity index is 1.42. The number of likely N-dealkylation sites (tertiary alicyclic amines) is 1. The lowest BCUT2D eigenvalue weighted by atomic mass is 10.0. The number of H-pyrrole nitrogens is 1. The van der Waals surface area contributed by atoms with Gasteiger partial charge in [-0.25, -0.2) is 18.7 Å². The van der Waals surface area contributed by atoms with Crippen molar-refractivity contribution in [2.24, 2.45) is 5.92 Å². The first kappa shape index (κ1) is 24.1. The highest BCUT2D eigenvalue weighted by Crippen LogP contribution is 2.36. The zero-order valence-corrected chi connectivity index (χ0v) is 19.8. The van der Waals surface area contributed by atoms with Crippen LogP contribution in [-0.2, 0) is 4.79 Å². The number of aliphatic hydroxyl groups is 1. The van der Waals surface area contributed by atoms with Gasteiger partial charge in [0, 0.05) is 17.8 Å². The van der Waals surface area contributed by atoms with Crippen molar-refractivity contribution in [2.75, 3.05) is 26.3 Å². The molecule has 5 rings (SSSR count). The summed E-state index contributed by atoms with van der Waals surface area (Å²) in [5, 5.41) is 11.7. The van der Waals surface area contributed by atoms with Gasteiger partial charge in [-0.05, 0) is 50.3 Å². The molecule has 0 spiro atoms. The Bertz CT molecular complexity index is 1310. The van der Waals surface area contributed by atoms with Gasteiger partial charge in [0.15, 0.2) is 0 Å². The Hall–Kier alpha value is -3.60.